The highest BCUT2D eigenvalue weighted by Gasteiger charge is 2.32. The minimum absolute atomic E-state index is 0.467. The summed E-state index contributed by atoms with van der Waals surface area (Å²) in [6.07, 6.45) is 3.96. The van der Waals surface area contributed by atoms with Crippen LogP contribution in [0.1, 0.15) is 57.2 Å². The molecule has 2 heterocycles. The molecule has 2 aliphatic rings. The average molecular weight is 286 g/mol. The highest BCUT2D eigenvalue weighted by molar-refractivity contribution is 5.31. The molecule has 1 saturated heterocycles. The van der Waals surface area contributed by atoms with Crippen LogP contribution in [0.25, 0.3) is 0 Å². The number of benzene rings is 1. The second-order valence-electron chi connectivity index (χ2n) is 7.86. The van der Waals surface area contributed by atoms with Gasteiger partial charge in [-0.3, -0.25) is 4.90 Å². The van der Waals surface area contributed by atoms with E-state index in [0.29, 0.717) is 11.5 Å². The number of nitrogens with zero attached hydrogens (tertiary/aromatic N) is 1. The van der Waals surface area contributed by atoms with Crippen molar-refractivity contribution in [3.63, 3.8) is 0 Å². The van der Waals surface area contributed by atoms with Crippen molar-refractivity contribution in [1.29, 1.82) is 0 Å². The Morgan fingerprint density at radius 2 is 1.76 bits per heavy atom. The van der Waals surface area contributed by atoms with Crippen LogP contribution in [-0.4, -0.2) is 24.5 Å². The van der Waals surface area contributed by atoms with Crippen molar-refractivity contribution in [3.05, 3.63) is 35.4 Å². The first-order valence-corrected chi connectivity index (χ1v) is 8.58. The molecule has 2 heteroatoms. The van der Waals surface area contributed by atoms with Gasteiger partial charge in [-0.15, -0.1) is 0 Å². The Morgan fingerprint density at radius 1 is 1.05 bits per heavy atom. The molecule has 3 rings (SSSR count). The number of fused-ring (bicyclic) bond motifs is 1. The monoisotopic (exact) mass is 286 g/mol. The summed E-state index contributed by atoms with van der Waals surface area (Å²) in [6, 6.07) is 9.65. The molecule has 1 fully saturated rings. The van der Waals surface area contributed by atoms with Crippen LogP contribution in [0, 0.1) is 11.3 Å². The maximum atomic E-state index is 3.58. The second kappa shape index (κ2) is 6.10. The van der Waals surface area contributed by atoms with E-state index < -0.39 is 0 Å². The third-order valence-electron chi connectivity index (χ3n) is 5.52. The quantitative estimate of drug-likeness (QED) is 0.840. The highest BCUT2D eigenvalue weighted by atomic mass is 15.2. The molecule has 1 atom stereocenters. The minimum atomic E-state index is 0.467. The fourth-order valence-corrected chi connectivity index (χ4v) is 4.09. The minimum Gasteiger partial charge on any atom is -0.313 e. The van der Waals surface area contributed by atoms with Crippen molar-refractivity contribution in [2.45, 2.75) is 52.6 Å². The molecule has 1 unspecified atom stereocenters. The molecule has 1 N–H and O–H groups in total. The van der Waals surface area contributed by atoms with Crippen LogP contribution >= 0.6 is 0 Å². The maximum absolute atomic E-state index is 3.58. The molecule has 0 saturated carbocycles. The van der Waals surface area contributed by atoms with Crippen molar-refractivity contribution < 1.29 is 0 Å². The van der Waals surface area contributed by atoms with E-state index in [9.17, 15) is 0 Å². The largest absolute Gasteiger partial charge is 0.313 e. The number of hydrogen-bond donors (Lipinski definition) is 1. The smallest absolute Gasteiger partial charge is 0.0363 e. The lowest BCUT2D eigenvalue weighted by atomic mass is 9.75. The van der Waals surface area contributed by atoms with E-state index in [2.05, 4.69) is 55.3 Å². The van der Waals surface area contributed by atoms with Gasteiger partial charge in [0.1, 0.15) is 0 Å². The molecule has 21 heavy (non-hydrogen) atoms. The molecule has 1 aromatic rings. The highest BCUT2D eigenvalue weighted by Crippen LogP contribution is 2.38. The van der Waals surface area contributed by atoms with Gasteiger partial charge < -0.3 is 5.32 Å². The van der Waals surface area contributed by atoms with Gasteiger partial charge in [0.05, 0.1) is 0 Å². The first kappa shape index (κ1) is 15.1. The van der Waals surface area contributed by atoms with E-state index in [0.717, 1.165) is 19.0 Å². The van der Waals surface area contributed by atoms with Crippen molar-refractivity contribution in [3.8, 4) is 0 Å². The Hall–Kier alpha value is -0.860. The summed E-state index contributed by atoms with van der Waals surface area (Å²) < 4.78 is 0. The van der Waals surface area contributed by atoms with Crippen molar-refractivity contribution in [2.75, 3.05) is 19.6 Å². The number of piperidine rings is 1. The van der Waals surface area contributed by atoms with Gasteiger partial charge in [0.15, 0.2) is 0 Å². The zero-order chi connectivity index (χ0) is 14.9. The molecule has 0 aromatic heterocycles. The van der Waals surface area contributed by atoms with Crippen LogP contribution in [-0.2, 0) is 6.54 Å². The van der Waals surface area contributed by atoms with Crippen LogP contribution in [0.15, 0.2) is 24.3 Å². The Kier molecular flexibility index (Phi) is 4.37. The number of rotatable bonds is 1. The van der Waals surface area contributed by atoms with Gasteiger partial charge in [-0.2, -0.15) is 0 Å². The van der Waals surface area contributed by atoms with Crippen molar-refractivity contribution in [2.24, 2.45) is 11.3 Å². The molecular formula is C19H30N2. The first-order chi connectivity index (χ1) is 10.1. The van der Waals surface area contributed by atoms with E-state index in [4.69, 9.17) is 0 Å². The summed E-state index contributed by atoms with van der Waals surface area (Å²) in [6.45, 7) is 11.9. The van der Waals surface area contributed by atoms with Gasteiger partial charge in [0.2, 0.25) is 0 Å². The molecule has 0 amide bonds. The normalized spacial score (nSPS) is 25.4. The molecule has 0 spiro atoms. The summed E-state index contributed by atoms with van der Waals surface area (Å²) in [7, 11) is 0. The van der Waals surface area contributed by atoms with Gasteiger partial charge in [-0.25, -0.2) is 0 Å². The van der Waals surface area contributed by atoms with Crippen molar-refractivity contribution in [1.82, 2.24) is 10.2 Å². The van der Waals surface area contributed by atoms with E-state index in [1.807, 2.05) is 0 Å². The van der Waals surface area contributed by atoms with Gasteiger partial charge in [0, 0.05) is 12.6 Å². The Balaban J connectivity index is 1.73. The number of nitrogens with one attached hydrogen (secondary N) is 1. The van der Waals surface area contributed by atoms with Crippen LogP contribution in [0.4, 0.5) is 0 Å². The summed E-state index contributed by atoms with van der Waals surface area (Å²) in [4.78, 5) is 2.74. The fourth-order valence-electron chi connectivity index (χ4n) is 4.09. The first-order valence-electron chi connectivity index (χ1n) is 8.58. The average Bonchev–Trinajstić information content (AvgIpc) is 2.69. The predicted octanol–water partition coefficient (Wildman–Crippen LogP) is 3.98. The van der Waals surface area contributed by atoms with Crippen molar-refractivity contribution >= 4 is 0 Å². The summed E-state index contributed by atoms with van der Waals surface area (Å²) in [5, 5.41) is 3.58. The standard InChI is InChI=1S/C19H30N2/c1-19(2,3)16-9-12-21(13-10-16)18-8-11-20-14-15-6-4-5-7-17(15)18/h4-7,16,18,20H,8-14H2,1-3H3. The molecule has 116 valence electrons. The summed E-state index contributed by atoms with van der Waals surface area (Å²) in [5.74, 6) is 0.882. The zero-order valence-corrected chi connectivity index (χ0v) is 13.9. The van der Waals surface area contributed by atoms with Crippen LogP contribution in [0.2, 0.25) is 0 Å². The van der Waals surface area contributed by atoms with E-state index >= 15 is 0 Å². The van der Waals surface area contributed by atoms with E-state index in [-0.39, 0.29) is 0 Å². The molecule has 2 nitrogen and oxygen atoms in total. The van der Waals surface area contributed by atoms with E-state index in [1.165, 1.54) is 37.9 Å². The van der Waals surface area contributed by atoms with E-state index in [1.54, 1.807) is 5.56 Å². The molecule has 1 aromatic carbocycles. The lowest BCUT2D eigenvalue weighted by Crippen LogP contribution is -2.40. The second-order valence-corrected chi connectivity index (χ2v) is 7.86. The Labute approximate surface area is 129 Å². The Bertz CT molecular complexity index is 467. The fraction of sp³-hybridized carbons (Fsp3) is 0.684. The van der Waals surface area contributed by atoms with Gasteiger partial charge >= 0.3 is 0 Å². The lowest BCUT2D eigenvalue weighted by molar-refractivity contribution is 0.0798. The third-order valence-corrected chi connectivity index (χ3v) is 5.52. The van der Waals surface area contributed by atoms with Gasteiger partial charge in [0.25, 0.3) is 0 Å². The number of hydrogen-bond acceptors (Lipinski definition) is 2. The molecule has 0 bridgehead atoms. The molecule has 0 radical (unpaired) electrons. The van der Waals surface area contributed by atoms with Crippen LogP contribution < -0.4 is 5.32 Å². The maximum Gasteiger partial charge on any atom is 0.0363 e. The SMILES string of the molecule is CC(C)(C)C1CCN(C2CCNCc3ccccc32)CC1. The lowest BCUT2D eigenvalue weighted by Gasteiger charge is -2.42. The molecule has 0 aliphatic carbocycles. The predicted molar refractivity (Wildman–Crippen MR) is 89.3 cm³/mol. The van der Waals surface area contributed by atoms with Crippen LogP contribution in [0.3, 0.4) is 0 Å². The van der Waals surface area contributed by atoms with Crippen LogP contribution in [0.5, 0.6) is 0 Å². The topological polar surface area (TPSA) is 15.3 Å². The zero-order valence-electron chi connectivity index (χ0n) is 13.9. The molecule has 2 aliphatic heterocycles. The number of likely N-dealkylation sites (tertiary alicyclic amines) is 1. The molecular weight excluding hydrogens is 256 g/mol. The Morgan fingerprint density at radius 3 is 2.48 bits per heavy atom. The summed E-state index contributed by atoms with van der Waals surface area (Å²) >= 11 is 0. The van der Waals surface area contributed by atoms with Gasteiger partial charge in [-0.05, 0) is 61.4 Å². The summed E-state index contributed by atoms with van der Waals surface area (Å²) in [5.41, 5.74) is 3.53. The third kappa shape index (κ3) is 3.32. The van der Waals surface area contributed by atoms with Gasteiger partial charge in [-0.1, -0.05) is 45.0 Å².